The van der Waals surface area contributed by atoms with Crippen LogP contribution in [0.15, 0.2) is 42.6 Å². The fraction of sp³-hybridized carbons (Fsp3) is 0.381. The number of likely N-dealkylation sites (tertiary alicyclic amines) is 1. The van der Waals surface area contributed by atoms with Gasteiger partial charge in [-0.3, -0.25) is 14.4 Å². The van der Waals surface area contributed by atoms with Crippen molar-refractivity contribution in [1.82, 2.24) is 19.7 Å². The van der Waals surface area contributed by atoms with Gasteiger partial charge in [-0.2, -0.15) is 5.10 Å². The molecular formula is C21H25N5O. The summed E-state index contributed by atoms with van der Waals surface area (Å²) in [5.74, 6) is -0.220. The molecule has 3 aromatic rings. The van der Waals surface area contributed by atoms with Gasteiger partial charge in [0.1, 0.15) is 0 Å². The van der Waals surface area contributed by atoms with Crippen LogP contribution < -0.4 is 5.73 Å². The number of aromatic nitrogens is 3. The highest BCUT2D eigenvalue weighted by molar-refractivity contribution is 5.87. The summed E-state index contributed by atoms with van der Waals surface area (Å²) < 4.78 is 1.82. The average molecular weight is 363 g/mol. The van der Waals surface area contributed by atoms with Crippen LogP contribution in [0.1, 0.15) is 29.7 Å². The van der Waals surface area contributed by atoms with Gasteiger partial charge in [0.05, 0.1) is 11.1 Å². The van der Waals surface area contributed by atoms with E-state index in [1.807, 2.05) is 55.2 Å². The molecule has 1 amide bonds. The molecule has 3 heterocycles. The second-order valence-corrected chi connectivity index (χ2v) is 7.51. The number of fused-ring (bicyclic) bond motifs is 1. The quantitative estimate of drug-likeness (QED) is 0.772. The Hall–Kier alpha value is -2.73. The van der Waals surface area contributed by atoms with Crippen molar-refractivity contribution >= 4 is 16.9 Å². The van der Waals surface area contributed by atoms with Crippen molar-refractivity contribution in [1.29, 1.82) is 0 Å². The zero-order valence-electron chi connectivity index (χ0n) is 15.9. The van der Waals surface area contributed by atoms with Crippen LogP contribution in [0.2, 0.25) is 0 Å². The number of hydrogen-bond donors (Lipinski definition) is 1. The molecule has 6 heteroatoms. The summed E-state index contributed by atoms with van der Waals surface area (Å²) in [5, 5.41) is 5.54. The number of carbonyl (C=O) groups excluding carboxylic acids is 1. The molecule has 6 nitrogen and oxygen atoms in total. The molecule has 0 aliphatic carbocycles. The minimum absolute atomic E-state index is 0.220. The first-order valence-corrected chi connectivity index (χ1v) is 9.36. The van der Waals surface area contributed by atoms with Crippen LogP contribution in [0.5, 0.6) is 0 Å². The van der Waals surface area contributed by atoms with Gasteiger partial charge in [-0.05, 0) is 50.0 Å². The van der Waals surface area contributed by atoms with Crippen LogP contribution in [0.25, 0.3) is 11.0 Å². The van der Waals surface area contributed by atoms with Gasteiger partial charge in [0.2, 0.25) is 5.91 Å². The first kappa shape index (κ1) is 17.7. The molecule has 1 saturated heterocycles. The average Bonchev–Trinajstić information content (AvgIpc) is 2.96. The van der Waals surface area contributed by atoms with Crippen molar-refractivity contribution in [3.8, 4) is 0 Å². The van der Waals surface area contributed by atoms with E-state index in [-0.39, 0.29) is 5.91 Å². The molecule has 1 aromatic carbocycles. The maximum atomic E-state index is 12.3. The SMILES string of the molecule is Cc1nn(C)c2ncc(CN3CCC(C(N)=O)(c4ccccc4)CC3)cc12. The van der Waals surface area contributed by atoms with Gasteiger partial charge in [-0.15, -0.1) is 0 Å². The van der Waals surface area contributed by atoms with E-state index in [2.05, 4.69) is 21.0 Å². The van der Waals surface area contributed by atoms with E-state index in [4.69, 9.17) is 5.73 Å². The number of nitrogens with two attached hydrogens (primary N) is 1. The topological polar surface area (TPSA) is 77.0 Å². The predicted molar refractivity (Wildman–Crippen MR) is 105 cm³/mol. The number of amides is 1. The van der Waals surface area contributed by atoms with Gasteiger partial charge in [-0.1, -0.05) is 30.3 Å². The van der Waals surface area contributed by atoms with Gasteiger partial charge >= 0.3 is 0 Å². The fourth-order valence-electron chi connectivity index (χ4n) is 4.22. The summed E-state index contributed by atoms with van der Waals surface area (Å²) >= 11 is 0. The van der Waals surface area contributed by atoms with Crippen LogP contribution in [-0.2, 0) is 23.8 Å². The number of hydrogen-bond acceptors (Lipinski definition) is 4. The maximum Gasteiger partial charge on any atom is 0.228 e. The number of pyridine rings is 1. The van der Waals surface area contributed by atoms with Gasteiger partial charge in [0.15, 0.2) is 5.65 Å². The lowest BCUT2D eigenvalue weighted by molar-refractivity contribution is -0.125. The van der Waals surface area contributed by atoms with Crippen LogP contribution in [0.4, 0.5) is 0 Å². The minimum Gasteiger partial charge on any atom is -0.369 e. The van der Waals surface area contributed by atoms with E-state index in [1.54, 1.807) is 0 Å². The molecule has 4 rings (SSSR count). The molecule has 0 radical (unpaired) electrons. The fourth-order valence-corrected chi connectivity index (χ4v) is 4.22. The van der Waals surface area contributed by atoms with E-state index in [0.717, 1.165) is 54.8 Å². The summed E-state index contributed by atoms with van der Waals surface area (Å²) in [5.41, 5.74) is 9.39. The molecule has 0 unspecified atom stereocenters. The monoisotopic (exact) mass is 363 g/mol. The number of benzene rings is 1. The number of primary amides is 1. The van der Waals surface area contributed by atoms with Crippen molar-refractivity contribution in [2.75, 3.05) is 13.1 Å². The molecule has 0 spiro atoms. The van der Waals surface area contributed by atoms with Crippen LogP contribution in [0.3, 0.4) is 0 Å². The first-order valence-electron chi connectivity index (χ1n) is 9.36. The van der Waals surface area contributed by atoms with E-state index >= 15 is 0 Å². The van der Waals surface area contributed by atoms with Gasteiger partial charge < -0.3 is 5.73 Å². The summed E-state index contributed by atoms with van der Waals surface area (Å²) in [6.45, 7) is 4.50. The van der Waals surface area contributed by atoms with Crippen molar-refractivity contribution in [2.24, 2.45) is 12.8 Å². The zero-order valence-corrected chi connectivity index (χ0v) is 15.9. The molecule has 140 valence electrons. The van der Waals surface area contributed by atoms with Gasteiger partial charge in [0.25, 0.3) is 0 Å². The Bertz CT molecular complexity index is 971. The van der Waals surface area contributed by atoms with E-state index < -0.39 is 5.41 Å². The second kappa shape index (κ2) is 6.78. The Morgan fingerprint density at radius 2 is 1.93 bits per heavy atom. The summed E-state index contributed by atoms with van der Waals surface area (Å²) in [6, 6.07) is 12.1. The molecule has 0 saturated carbocycles. The molecule has 1 fully saturated rings. The van der Waals surface area contributed by atoms with Crippen LogP contribution in [-0.4, -0.2) is 38.7 Å². The third-order valence-corrected chi connectivity index (χ3v) is 5.83. The normalized spacial score (nSPS) is 17.3. The molecule has 2 aromatic heterocycles. The largest absolute Gasteiger partial charge is 0.369 e. The van der Waals surface area contributed by atoms with Crippen LogP contribution >= 0.6 is 0 Å². The van der Waals surface area contributed by atoms with Crippen molar-refractivity contribution in [2.45, 2.75) is 31.7 Å². The lowest BCUT2D eigenvalue weighted by Gasteiger charge is -2.40. The zero-order chi connectivity index (χ0) is 19.0. The summed E-state index contributed by atoms with van der Waals surface area (Å²) in [4.78, 5) is 19.3. The molecule has 27 heavy (non-hydrogen) atoms. The van der Waals surface area contributed by atoms with Crippen molar-refractivity contribution in [3.05, 3.63) is 59.4 Å². The Balaban J connectivity index is 1.51. The van der Waals surface area contributed by atoms with E-state index in [9.17, 15) is 4.79 Å². The third-order valence-electron chi connectivity index (χ3n) is 5.83. The predicted octanol–water partition coefficient (Wildman–Crippen LogP) is 2.30. The number of aryl methyl sites for hydroxylation is 2. The molecule has 1 aliphatic rings. The van der Waals surface area contributed by atoms with Gasteiger partial charge in [-0.25, -0.2) is 4.98 Å². The van der Waals surface area contributed by atoms with E-state index in [1.165, 1.54) is 5.56 Å². The lowest BCUT2D eigenvalue weighted by atomic mass is 9.72. The maximum absolute atomic E-state index is 12.3. The molecular weight excluding hydrogens is 338 g/mol. The van der Waals surface area contributed by atoms with Crippen molar-refractivity contribution in [3.63, 3.8) is 0 Å². The first-order chi connectivity index (χ1) is 13.0. The smallest absolute Gasteiger partial charge is 0.228 e. The lowest BCUT2D eigenvalue weighted by Crippen LogP contribution is -2.49. The molecule has 2 N–H and O–H groups in total. The van der Waals surface area contributed by atoms with E-state index in [0.29, 0.717) is 0 Å². The summed E-state index contributed by atoms with van der Waals surface area (Å²) in [6.07, 6.45) is 3.42. The number of carbonyl (C=O) groups is 1. The standard InChI is InChI=1S/C21H25N5O/c1-15-18-12-16(13-23-19(18)25(2)24-15)14-26-10-8-21(9-11-26,20(22)27)17-6-4-3-5-7-17/h3-7,12-13H,8-11,14H2,1-2H3,(H2,22,27). The second-order valence-electron chi connectivity index (χ2n) is 7.51. The Morgan fingerprint density at radius 3 is 2.59 bits per heavy atom. The summed E-state index contributed by atoms with van der Waals surface area (Å²) in [7, 11) is 1.92. The highest BCUT2D eigenvalue weighted by Crippen LogP contribution is 2.35. The Labute approximate surface area is 159 Å². The third kappa shape index (κ3) is 3.10. The molecule has 0 bridgehead atoms. The van der Waals surface area contributed by atoms with Crippen molar-refractivity contribution < 1.29 is 4.79 Å². The highest BCUT2D eigenvalue weighted by atomic mass is 16.1. The van der Waals surface area contributed by atoms with Crippen LogP contribution in [0, 0.1) is 6.92 Å². The minimum atomic E-state index is -0.556. The number of rotatable bonds is 4. The highest BCUT2D eigenvalue weighted by Gasteiger charge is 2.41. The number of nitrogens with zero attached hydrogens (tertiary/aromatic N) is 4. The Kier molecular flexibility index (Phi) is 4.44. The molecule has 0 atom stereocenters. The number of piperidine rings is 1. The van der Waals surface area contributed by atoms with Gasteiger partial charge in [0, 0.05) is 25.2 Å². The Morgan fingerprint density at radius 1 is 1.22 bits per heavy atom. The molecule has 1 aliphatic heterocycles.